The van der Waals surface area contributed by atoms with Gasteiger partial charge in [0.2, 0.25) is 23.6 Å². The molecule has 5 atom stereocenters. The van der Waals surface area contributed by atoms with Crippen LogP contribution in [0.25, 0.3) is 10.9 Å². The number of carbonyl (C=O) groups excluding carboxylic acids is 5. The first-order chi connectivity index (χ1) is 21.2. The number of carbonyl (C=O) groups is 5. The van der Waals surface area contributed by atoms with Crippen LogP contribution in [-0.2, 0) is 30.4 Å². The number of hydrogen-bond donors (Lipinski definition) is 3. The van der Waals surface area contributed by atoms with Gasteiger partial charge in [0.05, 0.1) is 5.52 Å². The molecule has 240 valence electrons. The molecule has 0 saturated carbocycles. The maximum absolute atomic E-state index is 14.0. The van der Waals surface area contributed by atoms with E-state index in [-0.39, 0.29) is 29.9 Å². The van der Waals surface area contributed by atoms with E-state index in [0.29, 0.717) is 57.9 Å². The quantitative estimate of drug-likeness (QED) is 0.317. The lowest BCUT2D eigenvalue weighted by atomic mass is 9.95. The molecule has 2 aromatic rings. The van der Waals surface area contributed by atoms with Gasteiger partial charge in [0.15, 0.2) is 0 Å². The second-order valence-corrected chi connectivity index (χ2v) is 12.1. The minimum absolute atomic E-state index is 0.155. The molecule has 2 saturated heterocycles. The second-order valence-electron chi connectivity index (χ2n) is 12.1. The van der Waals surface area contributed by atoms with Gasteiger partial charge in [0.25, 0.3) is 0 Å². The molecule has 1 aromatic heterocycles. The molecule has 4 rings (SSSR count). The Bertz CT molecular complexity index is 1360. The summed E-state index contributed by atoms with van der Waals surface area (Å²) in [6.45, 7) is 6.12. The topological polar surface area (TPSA) is 139 Å². The molecule has 11 heteroatoms. The molecule has 11 nitrogen and oxygen atoms in total. The van der Waals surface area contributed by atoms with Crippen molar-refractivity contribution < 1.29 is 28.8 Å². The Morgan fingerprint density at radius 1 is 0.977 bits per heavy atom. The summed E-state index contributed by atoms with van der Waals surface area (Å²) in [6, 6.07) is 4.21. The van der Waals surface area contributed by atoms with Crippen LogP contribution in [0.3, 0.4) is 0 Å². The molecule has 3 N–H and O–H groups in total. The zero-order valence-corrected chi connectivity index (χ0v) is 26.4. The number of Topliss-reactive ketones (excluding diaryl/α,β-unsaturated/α-hetero) is 1. The van der Waals surface area contributed by atoms with E-state index in [1.165, 1.54) is 0 Å². The van der Waals surface area contributed by atoms with Crippen molar-refractivity contribution in [2.45, 2.75) is 109 Å². The lowest BCUT2D eigenvalue weighted by Crippen LogP contribution is -2.62. The zero-order chi connectivity index (χ0) is 31.8. The lowest BCUT2D eigenvalue weighted by Gasteiger charge is -2.34. The molecular weight excluding hydrogens is 562 g/mol. The van der Waals surface area contributed by atoms with E-state index in [0.717, 1.165) is 22.9 Å². The predicted molar refractivity (Wildman–Crippen MR) is 167 cm³/mol. The van der Waals surface area contributed by atoms with Crippen molar-refractivity contribution in [2.24, 2.45) is 5.92 Å². The standard InChI is InChI=1S/C33H47N5O6/c1-5-21(3)29-33(43)37-18-12-17-28(37)32(42)34-25(15-9-7-8-13-23(39)6-2)30(40)35-26(31(41)36-29)19-22-20-38(44-4)27-16-11-10-14-24(22)27/h10-11,14,16,20-21,25-26,28-29H,5-9,12-13,15,17-19H2,1-4H3,(H,34,42)(H,35,40)(H,36,41)/t21-,25-,26-,28+,29?/m0/s1. The van der Waals surface area contributed by atoms with Crippen molar-refractivity contribution in [1.29, 1.82) is 0 Å². The van der Waals surface area contributed by atoms with E-state index >= 15 is 0 Å². The summed E-state index contributed by atoms with van der Waals surface area (Å²) in [5.74, 6) is -1.51. The number of fused-ring (bicyclic) bond motifs is 2. The first-order valence-electron chi connectivity index (χ1n) is 16.0. The Morgan fingerprint density at radius 3 is 2.43 bits per heavy atom. The number of nitrogens with one attached hydrogen (secondary N) is 3. The molecular formula is C33H47N5O6. The van der Waals surface area contributed by atoms with Crippen molar-refractivity contribution in [3.05, 3.63) is 36.0 Å². The first kappa shape index (κ1) is 33.0. The summed E-state index contributed by atoms with van der Waals surface area (Å²) in [4.78, 5) is 74.0. The van der Waals surface area contributed by atoms with Gasteiger partial charge in [-0.2, -0.15) is 4.73 Å². The van der Waals surface area contributed by atoms with E-state index in [9.17, 15) is 24.0 Å². The Balaban J connectivity index is 1.65. The number of benzene rings is 1. The summed E-state index contributed by atoms with van der Waals surface area (Å²) < 4.78 is 1.62. The van der Waals surface area contributed by atoms with Crippen molar-refractivity contribution in [2.75, 3.05) is 13.7 Å². The summed E-state index contributed by atoms with van der Waals surface area (Å²) in [5, 5.41) is 9.69. The van der Waals surface area contributed by atoms with Gasteiger partial charge in [0, 0.05) is 37.4 Å². The molecule has 4 amide bonds. The lowest BCUT2D eigenvalue weighted by molar-refractivity contribution is -0.144. The number of ketones is 1. The molecule has 44 heavy (non-hydrogen) atoms. The van der Waals surface area contributed by atoms with Gasteiger partial charge in [-0.05, 0) is 43.2 Å². The Labute approximate surface area is 259 Å². The van der Waals surface area contributed by atoms with E-state index < -0.39 is 36.0 Å². The molecule has 2 aliphatic rings. The van der Waals surface area contributed by atoms with Crippen LogP contribution in [0.15, 0.2) is 30.5 Å². The average molecular weight is 610 g/mol. The normalized spacial score (nSPS) is 23.7. The molecule has 2 fully saturated rings. The number of hydrogen-bond acceptors (Lipinski definition) is 6. The highest BCUT2D eigenvalue weighted by molar-refractivity contribution is 5.98. The predicted octanol–water partition coefficient (Wildman–Crippen LogP) is 2.68. The molecule has 0 radical (unpaired) electrons. The van der Waals surface area contributed by atoms with E-state index in [1.807, 2.05) is 45.0 Å². The van der Waals surface area contributed by atoms with Gasteiger partial charge < -0.3 is 25.7 Å². The Hall–Kier alpha value is -3.89. The maximum Gasteiger partial charge on any atom is 0.246 e. The van der Waals surface area contributed by atoms with Crippen molar-refractivity contribution in [1.82, 2.24) is 25.6 Å². The summed E-state index contributed by atoms with van der Waals surface area (Å²) in [5.41, 5.74) is 1.62. The van der Waals surface area contributed by atoms with Crippen LogP contribution in [0.2, 0.25) is 0 Å². The Kier molecular flexibility index (Phi) is 11.4. The van der Waals surface area contributed by atoms with Crippen LogP contribution in [0.5, 0.6) is 0 Å². The maximum atomic E-state index is 14.0. The van der Waals surface area contributed by atoms with Crippen LogP contribution in [0, 0.1) is 5.92 Å². The number of unbranched alkanes of at least 4 members (excludes halogenated alkanes) is 2. The molecule has 3 heterocycles. The van der Waals surface area contributed by atoms with Crippen molar-refractivity contribution in [3.63, 3.8) is 0 Å². The monoisotopic (exact) mass is 609 g/mol. The average Bonchev–Trinajstić information content (AvgIpc) is 3.66. The van der Waals surface area contributed by atoms with E-state index in [4.69, 9.17) is 4.84 Å². The zero-order valence-electron chi connectivity index (χ0n) is 26.4. The minimum Gasteiger partial charge on any atom is -0.417 e. The van der Waals surface area contributed by atoms with Crippen molar-refractivity contribution >= 4 is 40.3 Å². The van der Waals surface area contributed by atoms with Gasteiger partial charge in [-0.15, -0.1) is 0 Å². The second kappa shape index (κ2) is 15.2. The van der Waals surface area contributed by atoms with Crippen LogP contribution in [0.4, 0.5) is 0 Å². The summed E-state index contributed by atoms with van der Waals surface area (Å²) in [6.07, 6.45) is 7.18. The number of para-hydroxylation sites is 1. The van der Waals surface area contributed by atoms with Crippen LogP contribution >= 0.6 is 0 Å². The third-order valence-corrected chi connectivity index (χ3v) is 9.11. The first-order valence-corrected chi connectivity index (χ1v) is 16.0. The fraction of sp³-hybridized carbons (Fsp3) is 0.606. The highest BCUT2D eigenvalue weighted by Gasteiger charge is 2.41. The highest BCUT2D eigenvalue weighted by Crippen LogP contribution is 2.24. The molecule has 0 bridgehead atoms. The van der Waals surface area contributed by atoms with Crippen LogP contribution in [-0.4, -0.2) is 76.9 Å². The third-order valence-electron chi connectivity index (χ3n) is 9.11. The molecule has 0 aliphatic carbocycles. The van der Waals surface area contributed by atoms with Crippen molar-refractivity contribution in [3.8, 4) is 0 Å². The Morgan fingerprint density at radius 2 is 1.70 bits per heavy atom. The fourth-order valence-electron chi connectivity index (χ4n) is 6.21. The van der Waals surface area contributed by atoms with Crippen LogP contribution in [0.1, 0.15) is 84.1 Å². The third kappa shape index (κ3) is 7.60. The largest absolute Gasteiger partial charge is 0.417 e. The van der Waals surface area contributed by atoms with E-state index in [2.05, 4.69) is 16.0 Å². The number of amides is 4. The number of rotatable bonds is 12. The van der Waals surface area contributed by atoms with Gasteiger partial charge in [0.1, 0.15) is 37.1 Å². The summed E-state index contributed by atoms with van der Waals surface area (Å²) >= 11 is 0. The van der Waals surface area contributed by atoms with Gasteiger partial charge >= 0.3 is 0 Å². The van der Waals surface area contributed by atoms with Gasteiger partial charge in [-0.1, -0.05) is 58.2 Å². The van der Waals surface area contributed by atoms with E-state index in [1.54, 1.807) is 22.9 Å². The molecule has 0 spiro atoms. The molecule has 2 aliphatic heterocycles. The van der Waals surface area contributed by atoms with Gasteiger partial charge in [-0.25, -0.2) is 0 Å². The SMILES string of the molecule is CCC(=O)CCCCC[C@@H]1NC(=O)[C@H]2CCCN2C(=O)C([C@@H](C)CC)NC(=O)[C@H](Cc2cn(OC)c3ccccc23)NC1=O. The van der Waals surface area contributed by atoms with Crippen LogP contribution < -0.4 is 20.8 Å². The fourth-order valence-corrected chi connectivity index (χ4v) is 6.21. The highest BCUT2D eigenvalue weighted by atomic mass is 16.6. The molecule has 1 unspecified atom stereocenters. The van der Waals surface area contributed by atoms with Gasteiger partial charge in [-0.3, -0.25) is 24.0 Å². The minimum atomic E-state index is -1.01. The number of aromatic nitrogens is 1. The number of nitrogens with zero attached hydrogens (tertiary/aromatic N) is 2. The molecule has 1 aromatic carbocycles. The summed E-state index contributed by atoms with van der Waals surface area (Å²) in [7, 11) is 1.56. The smallest absolute Gasteiger partial charge is 0.246 e.